The van der Waals surface area contributed by atoms with E-state index in [4.69, 9.17) is 4.74 Å². The minimum Gasteiger partial charge on any atom is -0.492 e. The molecule has 3 heteroatoms. The molecule has 110 valence electrons. The monoisotopic (exact) mass is 275 g/mol. The first-order valence-corrected chi connectivity index (χ1v) is 7.51. The highest BCUT2D eigenvalue weighted by atomic mass is 16.5. The average Bonchev–Trinajstić information content (AvgIpc) is 2.82. The van der Waals surface area contributed by atoms with Crippen molar-refractivity contribution in [2.75, 3.05) is 18.1 Å². The van der Waals surface area contributed by atoms with Gasteiger partial charge in [-0.25, -0.2) is 0 Å². The first-order chi connectivity index (χ1) is 9.49. The van der Waals surface area contributed by atoms with Gasteiger partial charge in [-0.15, -0.1) is 0 Å². The van der Waals surface area contributed by atoms with Crippen LogP contribution in [0.25, 0.3) is 0 Å². The summed E-state index contributed by atoms with van der Waals surface area (Å²) < 4.78 is 5.65. The molecule has 1 aromatic carbocycles. The number of nitrogens with zero attached hydrogens (tertiary/aromatic N) is 1. The van der Waals surface area contributed by atoms with Gasteiger partial charge in [-0.05, 0) is 30.4 Å². The van der Waals surface area contributed by atoms with E-state index in [0.717, 1.165) is 24.4 Å². The van der Waals surface area contributed by atoms with Gasteiger partial charge in [-0.3, -0.25) is 4.79 Å². The zero-order valence-electron chi connectivity index (χ0n) is 13.0. The summed E-state index contributed by atoms with van der Waals surface area (Å²) in [6.07, 6.45) is 1.73. The summed E-state index contributed by atoms with van der Waals surface area (Å²) in [4.78, 5) is 14.3. The minimum absolute atomic E-state index is 0.199. The van der Waals surface area contributed by atoms with E-state index in [9.17, 15) is 4.79 Å². The molecule has 0 aliphatic carbocycles. The van der Waals surface area contributed by atoms with Crippen LogP contribution in [0.5, 0.6) is 5.75 Å². The number of rotatable bonds is 5. The second-order valence-corrected chi connectivity index (χ2v) is 6.15. The molecule has 20 heavy (non-hydrogen) atoms. The van der Waals surface area contributed by atoms with Crippen LogP contribution in [-0.4, -0.2) is 19.1 Å². The maximum Gasteiger partial charge on any atom is 0.227 e. The molecule has 3 nitrogen and oxygen atoms in total. The highest BCUT2D eigenvalue weighted by molar-refractivity contribution is 5.97. The molecule has 1 amide bonds. The van der Waals surface area contributed by atoms with Crippen LogP contribution in [-0.2, 0) is 4.79 Å². The maximum absolute atomic E-state index is 12.4. The average molecular weight is 275 g/mol. The summed E-state index contributed by atoms with van der Waals surface area (Å²) in [5, 5.41) is 0. The van der Waals surface area contributed by atoms with Crippen molar-refractivity contribution < 1.29 is 9.53 Å². The third kappa shape index (κ3) is 2.82. The fraction of sp³-hybridized carbons (Fsp3) is 0.588. The summed E-state index contributed by atoms with van der Waals surface area (Å²) in [7, 11) is 0. The lowest BCUT2D eigenvalue weighted by Gasteiger charge is -2.30. The van der Waals surface area contributed by atoms with Crippen molar-refractivity contribution in [3.63, 3.8) is 0 Å². The molecular weight excluding hydrogens is 250 g/mol. The molecular formula is C17H25NO2. The molecule has 1 saturated heterocycles. The second kappa shape index (κ2) is 5.86. The van der Waals surface area contributed by atoms with E-state index in [1.54, 1.807) is 0 Å². The Balaban J connectivity index is 2.24. The van der Waals surface area contributed by atoms with Crippen LogP contribution in [0.4, 0.5) is 5.69 Å². The molecule has 1 fully saturated rings. The predicted octanol–water partition coefficient (Wildman–Crippen LogP) is 3.87. The number of hydrogen-bond donors (Lipinski definition) is 0. The highest BCUT2D eigenvalue weighted by Gasteiger charge is 2.39. The fourth-order valence-corrected chi connectivity index (χ4v) is 2.71. The van der Waals surface area contributed by atoms with Gasteiger partial charge in [-0.2, -0.15) is 0 Å². The molecule has 0 aromatic heterocycles. The zero-order chi connectivity index (χ0) is 14.8. The van der Waals surface area contributed by atoms with Gasteiger partial charge in [-0.1, -0.05) is 39.3 Å². The van der Waals surface area contributed by atoms with Crippen molar-refractivity contribution in [1.82, 2.24) is 0 Å². The summed E-state index contributed by atoms with van der Waals surface area (Å²) in [5.74, 6) is 1.43. The highest BCUT2D eigenvalue weighted by Crippen LogP contribution is 2.41. The number of amides is 1. The van der Waals surface area contributed by atoms with E-state index in [1.807, 2.05) is 36.1 Å². The Hall–Kier alpha value is -1.51. The van der Waals surface area contributed by atoms with Crippen molar-refractivity contribution >= 4 is 11.6 Å². The van der Waals surface area contributed by atoms with E-state index in [0.29, 0.717) is 18.9 Å². The van der Waals surface area contributed by atoms with Gasteiger partial charge >= 0.3 is 0 Å². The number of carbonyl (C=O) groups excluding carboxylic acids is 1. The zero-order valence-corrected chi connectivity index (χ0v) is 13.0. The van der Waals surface area contributed by atoms with Crippen LogP contribution in [0, 0.1) is 11.3 Å². The lowest BCUT2D eigenvalue weighted by Crippen LogP contribution is -2.28. The number of anilines is 1. The second-order valence-electron chi connectivity index (χ2n) is 6.15. The van der Waals surface area contributed by atoms with Crippen LogP contribution in [0.3, 0.4) is 0 Å². The maximum atomic E-state index is 12.4. The molecule has 0 radical (unpaired) electrons. The molecule has 1 heterocycles. The molecule has 1 aliphatic rings. The molecule has 0 saturated carbocycles. The van der Waals surface area contributed by atoms with Gasteiger partial charge < -0.3 is 9.64 Å². The van der Waals surface area contributed by atoms with E-state index < -0.39 is 0 Å². The molecule has 0 spiro atoms. The molecule has 1 unspecified atom stereocenters. The van der Waals surface area contributed by atoms with Crippen LogP contribution in [0.2, 0.25) is 0 Å². The fourth-order valence-electron chi connectivity index (χ4n) is 2.71. The number of benzene rings is 1. The van der Waals surface area contributed by atoms with Crippen molar-refractivity contribution in [2.24, 2.45) is 11.3 Å². The van der Waals surface area contributed by atoms with Crippen molar-refractivity contribution in [1.29, 1.82) is 0 Å². The number of carbonyl (C=O) groups is 1. The smallest absolute Gasteiger partial charge is 0.227 e. The molecule has 0 N–H and O–H groups in total. The van der Waals surface area contributed by atoms with Crippen molar-refractivity contribution in [2.45, 2.75) is 40.5 Å². The lowest BCUT2D eigenvalue weighted by atomic mass is 9.76. The van der Waals surface area contributed by atoms with Gasteiger partial charge in [0.25, 0.3) is 0 Å². The lowest BCUT2D eigenvalue weighted by molar-refractivity contribution is -0.117. The first-order valence-electron chi connectivity index (χ1n) is 7.51. The van der Waals surface area contributed by atoms with Crippen molar-refractivity contribution in [3.05, 3.63) is 24.3 Å². The van der Waals surface area contributed by atoms with Crippen LogP contribution in [0.15, 0.2) is 24.3 Å². The van der Waals surface area contributed by atoms with Gasteiger partial charge in [0.05, 0.1) is 12.3 Å². The topological polar surface area (TPSA) is 29.5 Å². The number of ether oxygens (including phenoxy) is 1. The largest absolute Gasteiger partial charge is 0.492 e. The van der Waals surface area contributed by atoms with E-state index in [-0.39, 0.29) is 11.3 Å². The predicted molar refractivity (Wildman–Crippen MR) is 82.1 cm³/mol. The van der Waals surface area contributed by atoms with Gasteiger partial charge in [0.2, 0.25) is 5.91 Å². The van der Waals surface area contributed by atoms with Gasteiger partial charge in [0.15, 0.2) is 0 Å². The Kier molecular flexibility index (Phi) is 4.36. The normalized spacial score (nSPS) is 19.5. The van der Waals surface area contributed by atoms with Gasteiger partial charge in [0, 0.05) is 13.0 Å². The summed E-state index contributed by atoms with van der Waals surface area (Å²) in [6.45, 7) is 10.1. The number of para-hydroxylation sites is 2. The quantitative estimate of drug-likeness (QED) is 0.816. The Morgan fingerprint density at radius 2 is 2.00 bits per heavy atom. The molecule has 2 rings (SSSR count). The van der Waals surface area contributed by atoms with E-state index in [1.165, 1.54) is 0 Å². The number of hydrogen-bond acceptors (Lipinski definition) is 2. The Labute approximate surface area is 121 Å². The van der Waals surface area contributed by atoms with Crippen LogP contribution >= 0.6 is 0 Å². The van der Waals surface area contributed by atoms with Crippen molar-refractivity contribution in [3.8, 4) is 5.75 Å². The first kappa shape index (κ1) is 14.9. The van der Waals surface area contributed by atoms with Gasteiger partial charge in [0.1, 0.15) is 5.75 Å². The molecule has 0 bridgehead atoms. The summed E-state index contributed by atoms with van der Waals surface area (Å²) >= 11 is 0. The Bertz CT molecular complexity index is 482. The SMILES string of the molecule is CCOc1ccccc1N1CC(C(C)(C)CC)CC1=O. The summed E-state index contributed by atoms with van der Waals surface area (Å²) in [6, 6.07) is 7.82. The third-order valence-electron chi connectivity index (χ3n) is 4.60. The van der Waals surface area contributed by atoms with Crippen LogP contribution in [0.1, 0.15) is 40.5 Å². The Morgan fingerprint density at radius 3 is 2.65 bits per heavy atom. The Morgan fingerprint density at radius 1 is 1.30 bits per heavy atom. The van der Waals surface area contributed by atoms with E-state index in [2.05, 4.69) is 20.8 Å². The standard InChI is InChI=1S/C17H25NO2/c1-5-17(3,4)13-11-16(19)18(12-13)14-9-7-8-10-15(14)20-6-2/h7-10,13H,5-6,11-12H2,1-4H3. The summed E-state index contributed by atoms with van der Waals surface area (Å²) in [5.41, 5.74) is 1.11. The van der Waals surface area contributed by atoms with E-state index >= 15 is 0 Å². The molecule has 1 aliphatic heterocycles. The minimum atomic E-state index is 0.199. The molecule has 1 aromatic rings. The third-order valence-corrected chi connectivity index (χ3v) is 4.60. The molecule has 1 atom stereocenters. The van der Waals surface area contributed by atoms with Crippen LogP contribution < -0.4 is 9.64 Å².